The van der Waals surface area contributed by atoms with Crippen LogP contribution in [0.15, 0.2) is 103 Å². The molecule has 0 spiro atoms. The number of hydrogen-bond acceptors (Lipinski definition) is 1. The van der Waals surface area contributed by atoms with E-state index < -0.39 is 0 Å². The Bertz CT molecular complexity index is 1450. The topological polar surface area (TPSA) is 36.1 Å². The van der Waals surface area contributed by atoms with E-state index >= 15 is 0 Å². The summed E-state index contributed by atoms with van der Waals surface area (Å²) in [7, 11) is 0. The van der Waals surface area contributed by atoms with Crippen LogP contribution in [-0.4, -0.2) is 10.9 Å². The van der Waals surface area contributed by atoms with Crippen LogP contribution >= 0.6 is 11.6 Å². The number of nitrogens with one attached hydrogen (secondary N) is 1. The number of rotatable bonds is 3. The first-order valence-corrected chi connectivity index (χ1v) is 10.9. The van der Waals surface area contributed by atoms with E-state index in [0.717, 1.165) is 44.5 Å². The minimum Gasteiger partial charge on any atom is -0.354 e. The van der Waals surface area contributed by atoms with Gasteiger partial charge < -0.3 is 4.98 Å². The van der Waals surface area contributed by atoms with Crippen molar-refractivity contribution in [1.82, 2.24) is 4.98 Å². The van der Waals surface area contributed by atoms with E-state index in [-0.39, 0.29) is 11.9 Å². The molecule has 0 aliphatic carbocycles. The number of H-pyrrole nitrogens is 1. The van der Waals surface area contributed by atoms with Crippen LogP contribution in [0.3, 0.4) is 0 Å². The summed E-state index contributed by atoms with van der Waals surface area (Å²) in [6.45, 7) is 0. The second-order valence-electron chi connectivity index (χ2n) is 7.97. The zero-order chi connectivity index (χ0) is 21.7. The van der Waals surface area contributed by atoms with Crippen LogP contribution in [0.4, 0.5) is 5.69 Å². The SMILES string of the molecule is O=C1c2ccccc2C(c2c(-c3ccc(Cl)cc3)[nH]c3ccccc23)N1c1ccccc1. The monoisotopic (exact) mass is 434 g/mol. The Morgan fingerprint density at radius 2 is 1.44 bits per heavy atom. The quantitative estimate of drug-likeness (QED) is 0.319. The highest BCUT2D eigenvalue weighted by atomic mass is 35.5. The summed E-state index contributed by atoms with van der Waals surface area (Å²) >= 11 is 6.17. The predicted molar refractivity (Wildman–Crippen MR) is 130 cm³/mol. The molecule has 1 amide bonds. The molecular weight excluding hydrogens is 416 g/mol. The Morgan fingerprint density at radius 3 is 2.25 bits per heavy atom. The van der Waals surface area contributed by atoms with Gasteiger partial charge in [0.15, 0.2) is 0 Å². The largest absolute Gasteiger partial charge is 0.354 e. The summed E-state index contributed by atoms with van der Waals surface area (Å²) in [4.78, 5) is 19.2. The molecular formula is C28H19ClN2O. The maximum absolute atomic E-state index is 13.6. The Balaban J connectivity index is 1.67. The van der Waals surface area contributed by atoms with Gasteiger partial charge in [-0.15, -0.1) is 0 Å². The highest BCUT2D eigenvalue weighted by Crippen LogP contribution is 2.47. The molecule has 0 fully saturated rings. The highest BCUT2D eigenvalue weighted by Gasteiger charge is 2.40. The summed E-state index contributed by atoms with van der Waals surface area (Å²) in [6.07, 6.45) is 0. The number of benzene rings is 4. The molecule has 1 aromatic heterocycles. The predicted octanol–water partition coefficient (Wildman–Crippen LogP) is 7.24. The fourth-order valence-corrected chi connectivity index (χ4v) is 4.87. The van der Waals surface area contributed by atoms with Gasteiger partial charge in [0.2, 0.25) is 0 Å². The third kappa shape index (κ3) is 2.86. The van der Waals surface area contributed by atoms with Gasteiger partial charge >= 0.3 is 0 Å². The first-order chi connectivity index (χ1) is 15.7. The molecule has 0 saturated carbocycles. The molecule has 1 N–H and O–H groups in total. The van der Waals surface area contributed by atoms with E-state index in [1.54, 1.807) is 0 Å². The Morgan fingerprint density at radius 1 is 0.750 bits per heavy atom. The summed E-state index contributed by atoms with van der Waals surface area (Å²) in [6, 6.07) is 33.7. The van der Waals surface area contributed by atoms with Crippen molar-refractivity contribution < 1.29 is 4.79 Å². The number of halogens is 1. The van der Waals surface area contributed by atoms with Gasteiger partial charge in [-0.25, -0.2) is 0 Å². The van der Waals surface area contributed by atoms with Crippen LogP contribution < -0.4 is 4.90 Å². The first kappa shape index (κ1) is 18.9. The van der Waals surface area contributed by atoms with Crippen LogP contribution in [0.1, 0.15) is 27.5 Å². The maximum Gasteiger partial charge on any atom is 0.259 e. The summed E-state index contributed by atoms with van der Waals surface area (Å²) in [5.41, 5.74) is 6.80. The third-order valence-electron chi connectivity index (χ3n) is 6.15. The molecule has 4 heteroatoms. The van der Waals surface area contributed by atoms with Crippen molar-refractivity contribution in [3.05, 3.63) is 125 Å². The molecule has 0 radical (unpaired) electrons. The normalized spacial score (nSPS) is 15.3. The maximum atomic E-state index is 13.6. The van der Waals surface area contributed by atoms with E-state index in [4.69, 9.17) is 11.6 Å². The summed E-state index contributed by atoms with van der Waals surface area (Å²) in [5, 5.41) is 1.80. The summed E-state index contributed by atoms with van der Waals surface area (Å²) < 4.78 is 0. The van der Waals surface area contributed by atoms with Crippen molar-refractivity contribution in [1.29, 1.82) is 0 Å². The van der Waals surface area contributed by atoms with E-state index in [1.807, 2.05) is 89.8 Å². The second kappa shape index (κ2) is 7.40. The van der Waals surface area contributed by atoms with Crippen molar-refractivity contribution in [2.45, 2.75) is 6.04 Å². The third-order valence-corrected chi connectivity index (χ3v) is 6.40. The fourth-order valence-electron chi connectivity index (χ4n) is 4.75. The van der Waals surface area contributed by atoms with Crippen LogP contribution in [0.2, 0.25) is 5.02 Å². The molecule has 2 heterocycles. The molecule has 5 aromatic rings. The lowest BCUT2D eigenvalue weighted by Crippen LogP contribution is -2.28. The van der Waals surface area contributed by atoms with Gasteiger partial charge in [0.05, 0.1) is 11.7 Å². The minimum absolute atomic E-state index is 0.0177. The van der Waals surface area contributed by atoms with Gasteiger partial charge in [-0.05, 0) is 47.5 Å². The number of carbonyl (C=O) groups is 1. The second-order valence-corrected chi connectivity index (χ2v) is 8.40. The van der Waals surface area contributed by atoms with Crippen molar-refractivity contribution in [3.8, 4) is 11.3 Å². The summed E-state index contributed by atoms with van der Waals surface area (Å²) in [5.74, 6) is 0.0177. The molecule has 32 heavy (non-hydrogen) atoms. The number of nitrogens with zero attached hydrogens (tertiary/aromatic N) is 1. The lowest BCUT2D eigenvalue weighted by atomic mass is 9.93. The number of aromatic nitrogens is 1. The molecule has 6 rings (SSSR count). The van der Waals surface area contributed by atoms with Crippen LogP contribution in [0.25, 0.3) is 22.2 Å². The van der Waals surface area contributed by atoms with Crippen LogP contribution in [0, 0.1) is 0 Å². The Hall–Kier alpha value is -3.82. The number of hydrogen-bond donors (Lipinski definition) is 1. The molecule has 1 aliphatic heterocycles. The van der Waals surface area contributed by atoms with Gasteiger partial charge in [0.1, 0.15) is 0 Å². The van der Waals surface area contributed by atoms with Gasteiger partial charge in [-0.3, -0.25) is 9.69 Å². The van der Waals surface area contributed by atoms with Crippen molar-refractivity contribution >= 4 is 34.1 Å². The smallest absolute Gasteiger partial charge is 0.259 e. The number of anilines is 1. The van der Waals surface area contributed by atoms with Crippen molar-refractivity contribution in [2.24, 2.45) is 0 Å². The van der Waals surface area contributed by atoms with Gasteiger partial charge in [0.25, 0.3) is 5.91 Å². The molecule has 0 bridgehead atoms. The van der Waals surface area contributed by atoms with Gasteiger partial charge in [0, 0.05) is 32.7 Å². The lowest BCUT2D eigenvalue weighted by Gasteiger charge is -2.27. The lowest BCUT2D eigenvalue weighted by molar-refractivity contribution is 0.0993. The first-order valence-electron chi connectivity index (χ1n) is 10.6. The molecule has 154 valence electrons. The standard InChI is InChI=1S/C28H19ClN2O/c29-19-16-14-18(15-17-19)26-25(23-12-6-7-13-24(23)30-26)27-21-10-4-5-11-22(21)28(32)31(27)20-8-2-1-3-9-20/h1-17,27,30H. The molecule has 1 unspecified atom stereocenters. The average molecular weight is 435 g/mol. The number of amides is 1. The van der Waals surface area contributed by atoms with Crippen molar-refractivity contribution in [3.63, 3.8) is 0 Å². The molecule has 0 saturated heterocycles. The molecule has 1 aliphatic rings. The van der Waals surface area contributed by atoms with E-state index in [9.17, 15) is 4.79 Å². The van der Waals surface area contributed by atoms with E-state index in [1.165, 1.54) is 0 Å². The van der Waals surface area contributed by atoms with Crippen molar-refractivity contribution in [2.75, 3.05) is 4.90 Å². The van der Waals surface area contributed by atoms with Crippen LogP contribution in [0.5, 0.6) is 0 Å². The minimum atomic E-state index is -0.247. The van der Waals surface area contributed by atoms with E-state index in [0.29, 0.717) is 5.02 Å². The number of para-hydroxylation sites is 2. The molecule has 3 nitrogen and oxygen atoms in total. The Labute approximate surface area is 190 Å². The fraction of sp³-hybridized carbons (Fsp3) is 0.0357. The molecule has 4 aromatic carbocycles. The number of fused-ring (bicyclic) bond motifs is 2. The zero-order valence-corrected chi connectivity index (χ0v) is 17.9. The highest BCUT2D eigenvalue weighted by molar-refractivity contribution is 6.30. The average Bonchev–Trinajstić information content (AvgIpc) is 3.35. The molecule has 1 atom stereocenters. The van der Waals surface area contributed by atoms with Gasteiger partial charge in [-0.1, -0.05) is 78.3 Å². The van der Waals surface area contributed by atoms with Gasteiger partial charge in [-0.2, -0.15) is 0 Å². The van der Waals surface area contributed by atoms with Crippen LogP contribution in [-0.2, 0) is 0 Å². The number of aromatic amines is 1. The zero-order valence-electron chi connectivity index (χ0n) is 17.1. The Kier molecular flexibility index (Phi) is 4.37. The van der Waals surface area contributed by atoms with E-state index in [2.05, 4.69) is 23.2 Å². The number of carbonyl (C=O) groups excluding carboxylic acids is 1.